The van der Waals surface area contributed by atoms with E-state index >= 15 is 0 Å². The first-order chi connectivity index (χ1) is 8.49. The number of amides is 1. The summed E-state index contributed by atoms with van der Waals surface area (Å²) in [6.45, 7) is 1.73. The zero-order valence-electron chi connectivity index (χ0n) is 9.65. The van der Waals surface area contributed by atoms with Gasteiger partial charge >= 0.3 is 0 Å². The molecule has 1 rings (SSSR count). The monoisotopic (exact) mass is 273 g/mol. The number of amidine groups is 1. The normalized spacial score (nSPS) is 13.2. The lowest BCUT2D eigenvalue weighted by Crippen LogP contribution is -2.44. The van der Waals surface area contributed by atoms with Gasteiger partial charge in [0.1, 0.15) is 5.82 Å². The minimum Gasteiger partial charge on any atom is -0.409 e. The van der Waals surface area contributed by atoms with Gasteiger partial charge < -0.3 is 16.3 Å². The molecule has 0 spiro atoms. The highest BCUT2D eigenvalue weighted by molar-refractivity contribution is 6.31. The summed E-state index contributed by atoms with van der Waals surface area (Å²) < 4.78 is 13.4. The highest BCUT2D eigenvalue weighted by Gasteiger charge is 2.18. The maximum absolute atomic E-state index is 13.4. The van der Waals surface area contributed by atoms with Crippen LogP contribution in [0.4, 0.5) is 4.39 Å². The highest BCUT2D eigenvalue weighted by atomic mass is 35.5. The van der Waals surface area contributed by atoms with Crippen molar-refractivity contribution in [2.24, 2.45) is 10.9 Å². The van der Waals surface area contributed by atoms with Gasteiger partial charge in [-0.1, -0.05) is 23.7 Å². The van der Waals surface area contributed by atoms with Gasteiger partial charge in [0.05, 0.1) is 11.6 Å². The molecule has 0 aliphatic rings. The van der Waals surface area contributed by atoms with Crippen LogP contribution in [0.25, 0.3) is 0 Å². The molecule has 1 unspecified atom stereocenters. The molecule has 0 aliphatic carbocycles. The van der Waals surface area contributed by atoms with Gasteiger partial charge in [0, 0.05) is 5.02 Å². The third-order valence-electron chi connectivity index (χ3n) is 2.36. The Bertz CT molecular complexity index is 479. The van der Waals surface area contributed by atoms with Crippen LogP contribution in [0.2, 0.25) is 5.02 Å². The third kappa shape index (κ3) is 3.33. The second-order valence-corrected chi connectivity index (χ2v) is 4.02. The van der Waals surface area contributed by atoms with Crippen LogP contribution in [-0.4, -0.2) is 23.0 Å². The molecule has 1 amide bonds. The van der Waals surface area contributed by atoms with Crippen LogP contribution in [0.15, 0.2) is 23.4 Å². The molecule has 0 radical (unpaired) electrons. The molecule has 18 heavy (non-hydrogen) atoms. The number of hydrogen-bond acceptors (Lipinski definition) is 3. The van der Waals surface area contributed by atoms with Crippen molar-refractivity contribution >= 4 is 23.3 Å². The van der Waals surface area contributed by atoms with E-state index in [4.69, 9.17) is 22.5 Å². The number of nitrogens with two attached hydrogens (primary N) is 1. The van der Waals surface area contributed by atoms with Crippen molar-refractivity contribution in [3.05, 3.63) is 34.6 Å². The fourth-order valence-corrected chi connectivity index (χ4v) is 1.53. The van der Waals surface area contributed by atoms with Crippen molar-refractivity contribution in [2.45, 2.75) is 19.4 Å². The van der Waals surface area contributed by atoms with Crippen molar-refractivity contribution in [1.29, 1.82) is 0 Å². The Kier molecular flexibility index (Phi) is 4.91. The van der Waals surface area contributed by atoms with E-state index in [-0.39, 0.29) is 16.4 Å². The van der Waals surface area contributed by atoms with Gasteiger partial charge in [-0.2, -0.15) is 0 Å². The largest absolute Gasteiger partial charge is 0.409 e. The van der Waals surface area contributed by atoms with Crippen molar-refractivity contribution < 1.29 is 14.4 Å². The number of nitrogens with zero attached hydrogens (tertiary/aromatic N) is 1. The van der Waals surface area contributed by atoms with Crippen molar-refractivity contribution in [3.63, 3.8) is 0 Å². The summed E-state index contributed by atoms with van der Waals surface area (Å²) in [5, 5.41) is 14.0. The number of carbonyl (C=O) groups excluding carboxylic acids is 1. The second kappa shape index (κ2) is 6.20. The van der Waals surface area contributed by atoms with Gasteiger partial charge in [-0.15, -0.1) is 0 Å². The Morgan fingerprint density at radius 1 is 1.67 bits per heavy atom. The first-order valence-corrected chi connectivity index (χ1v) is 5.60. The Labute approximate surface area is 108 Å². The summed E-state index contributed by atoms with van der Waals surface area (Å²) >= 11 is 5.69. The van der Waals surface area contributed by atoms with Crippen LogP contribution in [0.3, 0.4) is 0 Å². The number of hydrogen-bond donors (Lipinski definition) is 3. The predicted molar refractivity (Wildman–Crippen MR) is 66.4 cm³/mol. The van der Waals surface area contributed by atoms with E-state index in [2.05, 4.69) is 10.5 Å². The quantitative estimate of drug-likeness (QED) is 0.338. The summed E-state index contributed by atoms with van der Waals surface area (Å²) in [5.74, 6) is -1.51. The molecule has 1 atom stereocenters. The molecule has 0 bridgehead atoms. The molecule has 0 saturated heterocycles. The standard InChI is InChI=1S/C11H13ClFN3O2/c1-2-9(10(14)16-18)15-11(17)7-5-6(12)3-4-8(7)13/h3-5,9,18H,2H2,1H3,(H2,14,16)(H,15,17). The highest BCUT2D eigenvalue weighted by Crippen LogP contribution is 2.15. The summed E-state index contributed by atoms with van der Waals surface area (Å²) in [5.41, 5.74) is 5.20. The first kappa shape index (κ1) is 14.2. The van der Waals surface area contributed by atoms with E-state index in [9.17, 15) is 9.18 Å². The average molecular weight is 274 g/mol. The maximum atomic E-state index is 13.4. The molecule has 0 aliphatic heterocycles. The molecule has 5 nitrogen and oxygen atoms in total. The van der Waals surface area contributed by atoms with Crippen LogP contribution in [0.1, 0.15) is 23.7 Å². The zero-order valence-corrected chi connectivity index (χ0v) is 10.4. The Hall–Kier alpha value is -1.82. The van der Waals surface area contributed by atoms with E-state index in [0.29, 0.717) is 6.42 Å². The van der Waals surface area contributed by atoms with E-state index in [1.165, 1.54) is 12.1 Å². The predicted octanol–water partition coefficient (Wildman–Crippen LogP) is 1.73. The molecule has 0 heterocycles. The minimum atomic E-state index is -0.689. The fourth-order valence-electron chi connectivity index (χ4n) is 1.36. The SMILES string of the molecule is CCC(NC(=O)c1cc(Cl)ccc1F)/C(N)=N/O. The zero-order chi connectivity index (χ0) is 13.7. The summed E-state index contributed by atoms with van der Waals surface area (Å²) in [4.78, 5) is 11.8. The number of carbonyl (C=O) groups is 1. The minimum absolute atomic E-state index is 0.145. The topological polar surface area (TPSA) is 87.7 Å². The Morgan fingerprint density at radius 3 is 2.89 bits per heavy atom. The smallest absolute Gasteiger partial charge is 0.254 e. The van der Waals surface area contributed by atoms with Crippen molar-refractivity contribution in [1.82, 2.24) is 5.32 Å². The van der Waals surface area contributed by atoms with Crippen LogP contribution >= 0.6 is 11.6 Å². The lowest BCUT2D eigenvalue weighted by molar-refractivity contribution is 0.0941. The second-order valence-electron chi connectivity index (χ2n) is 3.58. The van der Waals surface area contributed by atoms with Gasteiger partial charge in [0.25, 0.3) is 5.91 Å². The average Bonchev–Trinajstić information content (AvgIpc) is 2.37. The van der Waals surface area contributed by atoms with E-state index in [1.54, 1.807) is 6.92 Å². The lowest BCUT2D eigenvalue weighted by atomic mass is 10.1. The maximum Gasteiger partial charge on any atom is 0.254 e. The number of rotatable bonds is 4. The van der Waals surface area contributed by atoms with Crippen LogP contribution in [0.5, 0.6) is 0 Å². The molecule has 7 heteroatoms. The molecular weight excluding hydrogens is 261 g/mol. The van der Waals surface area contributed by atoms with Crippen molar-refractivity contribution in [3.8, 4) is 0 Å². The molecule has 4 N–H and O–H groups in total. The lowest BCUT2D eigenvalue weighted by Gasteiger charge is -2.15. The van der Waals surface area contributed by atoms with Gasteiger partial charge in [0.15, 0.2) is 5.84 Å². The number of nitrogens with one attached hydrogen (secondary N) is 1. The Morgan fingerprint density at radius 2 is 2.33 bits per heavy atom. The van der Waals surface area contributed by atoms with Crippen LogP contribution in [-0.2, 0) is 0 Å². The molecular formula is C11H13ClFN3O2. The molecule has 98 valence electrons. The molecule has 1 aromatic carbocycles. The van der Waals surface area contributed by atoms with Crippen LogP contribution in [0, 0.1) is 5.82 Å². The molecule has 0 saturated carbocycles. The molecule has 0 fully saturated rings. The Balaban J connectivity index is 2.91. The van der Waals surface area contributed by atoms with E-state index in [0.717, 1.165) is 6.07 Å². The third-order valence-corrected chi connectivity index (χ3v) is 2.59. The number of halogens is 2. The van der Waals surface area contributed by atoms with Gasteiger partial charge in [-0.25, -0.2) is 4.39 Å². The van der Waals surface area contributed by atoms with E-state index in [1.807, 2.05) is 0 Å². The van der Waals surface area contributed by atoms with Crippen molar-refractivity contribution in [2.75, 3.05) is 0 Å². The number of benzene rings is 1. The van der Waals surface area contributed by atoms with Gasteiger partial charge in [-0.3, -0.25) is 4.79 Å². The molecule has 0 aromatic heterocycles. The summed E-state index contributed by atoms with van der Waals surface area (Å²) in [6, 6.07) is 2.99. The number of oxime groups is 1. The summed E-state index contributed by atoms with van der Waals surface area (Å²) in [7, 11) is 0. The fraction of sp³-hybridized carbons (Fsp3) is 0.273. The molecule has 1 aromatic rings. The van der Waals surface area contributed by atoms with E-state index < -0.39 is 17.8 Å². The summed E-state index contributed by atoms with van der Waals surface area (Å²) in [6.07, 6.45) is 0.407. The van der Waals surface area contributed by atoms with Crippen LogP contribution < -0.4 is 11.1 Å². The van der Waals surface area contributed by atoms with Gasteiger partial charge in [0.2, 0.25) is 0 Å². The van der Waals surface area contributed by atoms with Gasteiger partial charge in [-0.05, 0) is 24.6 Å². The first-order valence-electron chi connectivity index (χ1n) is 5.23.